The van der Waals surface area contributed by atoms with E-state index in [4.69, 9.17) is 5.53 Å². The Bertz CT molecular complexity index is 494. The summed E-state index contributed by atoms with van der Waals surface area (Å²) >= 11 is 0. The lowest BCUT2D eigenvalue weighted by Crippen LogP contribution is -2.25. The number of carbonyl (C=O) groups excluding carboxylic acids is 1. The lowest BCUT2D eigenvalue weighted by Gasteiger charge is -2.07. The Hall–Kier alpha value is -2.28. The van der Waals surface area contributed by atoms with Crippen LogP contribution in [0, 0.1) is 0 Å². The van der Waals surface area contributed by atoms with Crippen molar-refractivity contribution >= 4 is 5.91 Å². The second-order valence-electron chi connectivity index (χ2n) is 3.85. The van der Waals surface area contributed by atoms with E-state index in [1.807, 2.05) is 0 Å². The molecule has 1 aromatic rings. The molecule has 6 nitrogen and oxygen atoms in total. The van der Waals surface area contributed by atoms with Gasteiger partial charge < -0.3 is 5.32 Å². The smallest absolute Gasteiger partial charge is 0.351 e. The highest BCUT2D eigenvalue weighted by molar-refractivity contribution is 5.92. The van der Waals surface area contributed by atoms with Crippen molar-refractivity contribution in [3.8, 4) is 0 Å². The molecule has 0 aliphatic rings. The predicted octanol–water partition coefficient (Wildman–Crippen LogP) is 2.92. The molecule has 108 valence electrons. The van der Waals surface area contributed by atoms with Gasteiger partial charge in [0.05, 0.1) is 5.56 Å². The van der Waals surface area contributed by atoms with Gasteiger partial charge in [-0.05, 0) is 30.5 Å². The van der Waals surface area contributed by atoms with Gasteiger partial charge in [-0.2, -0.15) is 13.2 Å². The van der Waals surface area contributed by atoms with Crippen molar-refractivity contribution in [3.63, 3.8) is 0 Å². The summed E-state index contributed by atoms with van der Waals surface area (Å²) in [5.74, 6) is -0.539. The average molecular weight is 287 g/mol. The van der Waals surface area contributed by atoms with Crippen LogP contribution in [0.15, 0.2) is 23.4 Å². The van der Waals surface area contributed by atoms with Crippen molar-refractivity contribution < 1.29 is 18.0 Å². The van der Waals surface area contributed by atoms with E-state index in [9.17, 15) is 18.0 Å². The molecule has 0 aliphatic heterocycles. The molecule has 0 radical (unpaired) electrons. The number of unbranched alkanes of at least 4 members (excludes halogenated alkanes) is 1. The average Bonchev–Trinajstić information content (AvgIpc) is 2.41. The number of nitrogens with one attached hydrogen (secondary N) is 1. The van der Waals surface area contributed by atoms with Crippen LogP contribution in [-0.4, -0.2) is 24.0 Å². The zero-order chi connectivity index (χ0) is 15.0. The number of azide groups is 1. The third kappa shape index (κ3) is 5.15. The highest BCUT2D eigenvalue weighted by Gasteiger charge is 2.30. The lowest BCUT2D eigenvalue weighted by molar-refractivity contribution is -0.137. The van der Waals surface area contributed by atoms with E-state index < -0.39 is 17.6 Å². The van der Waals surface area contributed by atoms with Crippen molar-refractivity contribution in [1.29, 1.82) is 0 Å². The standard InChI is InChI=1S/C11H12F3N5O/c12-11(13,14)8-3-4-9(17-7-8)10(20)16-5-1-2-6-18-19-15/h3-4,7H,1-2,5-6H2,(H,16,20). The van der Waals surface area contributed by atoms with Gasteiger partial charge >= 0.3 is 6.18 Å². The molecule has 0 aromatic carbocycles. The summed E-state index contributed by atoms with van der Waals surface area (Å²) in [6.07, 6.45) is -2.63. The summed E-state index contributed by atoms with van der Waals surface area (Å²) in [4.78, 5) is 17.6. The van der Waals surface area contributed by atoms with Gasteiger partial charge in [0.15, 0.2) is 0 Å². The fourth-order valence-electron chi connectivity index (χ4n) is 1.34. The van der Waals surface area contributed by atoms with Gasteiger partial charge in [0, 0.05) is 24.2 Å². The molecule has 1 N–H and O–H groups in total. The first-order valence-corrected chi connectivity index (χ1v) is 5.77. The number of pyridine rings is 1. The molecule has 1 rings (SSSR count). The second kappa shape index (κ2) is 7.34. The Morgan fingerprint density at radius 2 is 2.15 bits per heavy atom. The predicted molar refractivity (Wildman–Crippen MR) is 64.8 cm³/mol. The fraction of sp³-hybridized carbons (Fsp3) is 0.455. The second-order valence-corrected chi connectivity index (χ2v) is 3.85. The van der Waals surface area contributed by atoms with Crippen LogP contribution in [0.5, 0.6) is 0 Å². The van der Waals surface area contributed by atoms with Gasteiger partial charge in [-0.15, -0.1) is 0 Å². The summed E-state index contributed by atoms with van der Waals surface area (Å²) < 4.78 is 36.9. The van der Waals surface area contributed by atoms with Gasteiger partial charge in [-0.3, -0.25) is 9.78 Å². The van der Waals surface area contributed by atoms with Gasteiger partial charge in [-0.1, -0.05) is 5.11 Å². The minimum Gasteiger partial charge on any atom is -0.351 e. The molecule has 1 amide bonds. The van der Waals surface area contributed by atoms with Crippen molar-refractivity contribution in [1.82, 2.24) is 10.3 Å². The normalized spacial score (nSPS) is 10.8. The fourth-order valence-corrected chi connectivity index (χ4v) is 1.34. The molecule has 1 heterocycles. The summed E-state index contributed by atoms with van der Waals surface area (Å²) in [5, 5.41) is 5.84. The maximum absolute atomic E-state index is 12.3. The van der Waals surface area contributed by atoms with Crippen LogP contribution in [0.1, 0.15) is 28.9 Å². The minimum atomic E-state index is -4.47. The van der Waals surface area contributed by atoms with E-state index in [1.165, 1.54) is 0 Å². The van der Waals surface area contributed by atoms with Crippen molar-refractivity contribution in [2.24, 2.45) is 5.11 Å². The number of aromatic nitrogens is 1. The topological polar surface area (TPSA) is 90.8 Å². The molecular weight excluding hydrogens is 275 g/mol. The first kappa shape index (κ1) is 15.8. The van der Waals surface area contributed by atoms with Gasteiger partial charge in [-0.25, -0.2) is 0 Å². The molecule has 0 bridgehead atoms. The summed E-state index contributed by atoms with van der Waals surface area (Å²) in [5.41, 5.74) is 7.06. The highest BCUT2D eigenvalue weighted by atomic mass is 19.4. The Kier molecular flexibility index (Phi) is 5.79. The van der Waals surface area contributed by atoms with E-state index in [2.05, 4.69) is 20.3 Å². The number of carbonyl (C=O) groups is 1. The molecule has 0 saturated heterocycles. The maximum atomic E-state index is 12.3. The molecule has 0 spiro atoms. The largest absolute Gasteiger partial charge is 0.417 e. The van der Waals surface area contributed by atoms with E-state index in [0.717, 1.165) is 12.1 Å². The monoisotopic (exact) mass is 287 g/mol. The number of hydrogen-bond donors (Lipinski definition) is 1. The number of nitrogens with zero attached hydrogens (tertiary/aromatic N) is 4. The molecule has 0 aliphatic carbocycles. The van der Waals surface area contributed by atoms with Gasteiger partial charge in [0.1, 0.15) is 5.69 Å². The van der Waals surface area contributed by atoms with Crippen LogP contribution >= 0.6 is 0 Å². The third-order valence-corrected chi connectivity index (χ3v) is 2.36. The van der Waals surface area contributed by atoms with Gasteiger partial charge in [0.25, 0.3) is 5.91 Å². The zero-order valence-electron chi connectivity index (χ0n) is 10.4. The number of rotatable bonds is 6. The maximum Gasteiger partial charge on any atom is 0.417 e. The quantitative estimate of drug-likeness (QED) is 0.377. The van der Waals surface area contributed by atoms with Crippen LogP contribution in [0.4, 0.5) is 13.2 Å². The van der Waals surface area contributed by atoms with Crippen molar-refractivity contribution in [2.75, 3.05) is 13.1 Å². The van der Waals surface area contributed by atoms with Crippen LogP contribution in [0.3, 0.4) is 0 Å². The van der Waals surface area contributed by atoms with Gasteiger partial charge in [0.2, 0.25) is 0 Å². The van der Waals surface area contributed by atoms with E-state index in [1.54, 1.807) is 0 Å². The number of alkyl halides is 3. The lowest BCUT2D eigenvalue weighted by atomic mass is 10.2. The Morgan fingerprint density at radius 1 is 1.40 bits per heavy atom. The first-order valence-electron chi connectivity index (χ1n) is 5.77. The molecule has 0 saturated carbocycles. The van der Waals surface area contributed by atoms with Crippen LogP contribution in [-0.2, 0) is 6.18 Å². The number of halogens is 3. The Morgan fingerprint density at radius 3 is 2.70 bits per heavy atom. The minimum absolute atomic E-state index is 0.0759. The molecular formula is C11H12F3N5O. The number of amides is 1. The number of hydrogen-bond acceptors (Lipinski definition) is 3. The SMILES string of the molecule is [N-]=[N+]=NCCCCNC(=O)c1ccc(C(F)(F)F)cn1. The van der Waals surface area contributed by atoms with E-state index in [0.29, 0.717) is 32.1 Å². The summed E-state index contributed by atoms with van der Waals surface area (Å²) in [6.45, 7) is 0.674. The highest BCUT2D eigenvalue weighted by Crippen LogP contribution is 2.28. The molecule has 1 aromatic heterocycles. The van der Waals surface area contributed by atoms with E-state index >= 15 is 0 Å². The van der Waals surface area contributed by atoms with Crippen LogP contribution < -0.4 is 5.32 Å². The summed E-state index contributed by atoms with van der Waals surface area (Å²) in [7, 11) is 0. The van der Waals surface area contributed by atoms with Crippen molar-refractivity contribution in [3.05, 3.63) is 40.0 Å². The molecule has 0 fully saturated rings. The molecule has 9 heteroatoms. The first-order chi connectivity index (χ1) is 9.45. The molecule has 0 atom stereocenters. The van der Waals surface area contributed by atoms with E-state index in [-0.39, 0.29) is 5.69 Å². The van der Waals surface area contributed by atoms with Crippen LogP contribution in [0.2, 0.25) is 0 Å². The summed E-state index contributed by atoms with van der Waals surface area (Å²) in [6, 6.07) is 1.83. The van der Waals surface area contributed by atoms with Crippen LogP contribution in [0.25, 0.3) is 10.4 Å². The third-order valence-electron chi connectivity index (χ3n) is 2.36. The Labute approximate surface area is 112 Å². The molecule has 20 heavy (non-hydrogen) atoms. The zero-order valence-corrected chi connectivity index (χ0v) is 10.4. The Balaban J connectivity index is 2.42. The molecule has 0 unspecified atom stereocenters. The van der Waals surface area contributed by atoms with Crippen molar-refractivity contribution in [2.45, 2.75) is 19.0 Å².